The van der Waals surface area contributed by atoms with Crippen molar-refractivity contribution in [2.75, 3.05) is 39.3 Å². The summed E-state index contributed by atoms with van der Waals surface area (Å²) in [6.45, 7) is 7.18. The lowest BCUT2D eigenvalue weighted by Crippen LogP contribution is -2.50. The highest BCUT2D eigenvalue weighted by molar-refractivity contribution is 5.74. The normalized spacial score (nSPS) is 25.0. The van der Waals surface area contributed by atoms with Crippen LogP contribution in [0.15, 0.2) is 0 Å². The minimum Gasteiger partial charge on any atom is -0.378 e. The Bertz CT molecular complexity index is 303. The van der Waals surface area contributed by atoms with Crippen LogP contribution in [0.1, 0.15) is 39.0 Å². The lowest BCUT2D eigenvalue weighted by atomic mass is 10.0. The molecule has 2 aliphatic heterocycles. The van der Waals surface area contributed by atoms with Gasteiger partial charge in [-0.3, -0.25) is 0 Å². The standard InChI is InChI=1S/C15H29N3O2/c1-13-4-2-8-18(12-13)15(19)17-9-5-14(6-10-17)20-11-3-7-16/h13-14H,2-12,16H2,1H3. The van der Waals surface area contributed by atoms with Gasteiger partial charge in [-0.2, -0.15) is 0 Å². The summed E-state index contributed by atoms with van der Waals surface area (Å²) in [4.78, 5) is 16.5. The van der Waals surface area contributed by atoms with Gasteiger partial charge in [-0.05, 0) is 44.6 Å². The summed E-state index contributed by atoms with van der Waals surface area (Å²) in [5.41, 5.74) is 5.46. The number of hydrogen-bond donors (Lipinski definition) is 1. The SMILES string of the molecule is CC1CCCN(C(=O)N2CCC(OCCCN)CC2)C1. The van der Waals surface area contributed by atoms with Crippen molar-refractivity contribution in [1.29, 1.82) is 0 Å². The van der Waals surface area contributed by atoms with Crippen molar-refractivity contribution in [1.82, 2.24) is 9.80 Å². The van der Waals surface area contributed by atoms with E-state index in [-0.39, 0.29) is 6.03 Å². The lowest BCUT2D eigenvalue weighted by molar-refractivity contribution is 0.0103. The minimum atomic E-state index is 0.233. The van der Waals surface area contributed by atoms with Gasteiger partial charge in [-0.1, -0.05) is 6.92 Å². The Balaban J connectivity index is 1.71. The number of likely N-dealkylation sites (tertiary alicyclic amines) is 2. The predicted octanol–water partition coefficient (Wildman–Crippen LogP) is 1.67. The van der Waals surface area contributed by atoms with E-state index in [0.717, 1.165) is 58.5 Å². The van der Waals surface area contributed by atoms with Gasteiger partial charge in [0.1, 0.15) is 0 Å². The van der Waals surface area contributed by atoms with Crippen LogP contribution in [0.25, 0.3) is 0 Å². The number of carbonyl (C=O) groups is 1. The Morgan fingerprint density at radius 1 is 1.20 bits per heavy atom. The predicted molar refractivity (Wildman–Crippen MR) is 79.6 cm³/mol. The first kappa shape index (κ1) is 15.6. The van der Waals surface area contributed by atoms with E-state index >= 15 is 0 Å². The first-order chi connectivity index (χ1) is 9.70. The zero-order chi connectivity index (χ0) is 14.4. The second-order valence-corrected chi connectivity index (χ2v) is 6.18. The molecule has 0 aliphatic carbocycles. The minimum absolute atomic E-state index is 0.233. The lowest BCUT2D eigenvalue weighted by Gasteiger charge is -2.38. The smallest absolute Gasteiger partial charge is 0.320 e. The molecule has 5 heteroatoms. The Morgan fingerprint density at radius 3 is 2.60 bits per heavy atom. The first-order valence-corrected chi connectivity index (χ1v) is 8.06. The number of piperidine rings is 2. The molecule has 2 rings (SSSR count). The van der Waals surface area contributed by atoms with E-state index < -0.39 is 0 Å². The number of carbonyl (C=O) groups excluding carboxylic acids is 1. The molecule has 2 amide bonds. The van der Waals surface area contributed by atoms with E-state index in [2.05, 4.69) is 6.92 Å². The first-order valence-electron chi connectivity index (χ1n) is 8.06. The largest absolute Gasteiger partial charge is 0.378 e. The third-order valence-corrected chi connectivity index (χ3v) is 4.34. The maximum absolute atomic E-state index is 12.5. The van der Waals surface area contributed by atoms with Gasteiger partial charge in [0.15, 0.2) is 0 Å². The summed E-state index contributed by atoms with van der Waals surface area (Å²) in [5, 5.41) is 0. The number of urea groups is 1. The molecule has 20 heavy (non-hydrogen) atoms. The van der Waals surface area contributed by atoms with Gasteiger partial charge >= 0.3 is 6.03 Å². The Hall–Kier alpha value is -0.810. The number of rotatable bonds is 4. The summed E-state index contributed by atoms with van der Waals surface area (Å²) in [6.07, 6.45) is 5.54. The summed E-state index contributed by atoms with van der Waals surface area (Å²) in [7, 11) is 0. The summed E-state index contributed by atoms with van der Waals surface area (Å²) in [5.74, 6) is 0.643. The molecule has 116 valence electrons. The van der Waals surface area contributed by atoms with E-state index in [1.165, 1.54) is 6.42 Å². The third kappa shape index (κ3) is 4.35. The van der Waals surface area contributed by atoms with Crippen LogP contribution in [0, 0.1) is 5.92 Å². The molecule has 0 aromatic heterocycles. The zero-order valence-corrected chi connectivity index (χ0v) is 12.7. The van der Waals surface area contributed by atoms with Gasteiger partial charge in [0.05, 0.1) is 6.10 Å². The Labute approximate surface area is 122 Å². The molecule has 0 aromatic carbocycles. The molecule has 1 atom stereocenters. The fourth-order valence-electron chi connectivity index (χ4n) is 3.11. The molecule has 0 saturated carbocycles. The topological polar surface area (TPSA) is 58.8 Å². The van der Waals surface area contributed by atoms with Gasteiger partial charge in [0.25, 0.3) is 0 Å². The van der Waals surface area contributed by atoms with Crippen LogP contribution in [0.5, 0.6) is 0 Å². The molecule has 0 radical (unpaired) electrons. The highest BCUT2D eigenvalue weighted by Crippen LogP contribution is 2.20. The van der Waals surface area contributed by atoms with E-state index in [9.17, 15) is 4.79 Å². The summed E-state index contributed by atoms with van der Waals surface area (Å²) in [6, 6.07) is 0.233. The molecular formula is C15H29N3O2. The van der Waals surface area contributed by atoms with E-state index in [0.29, 0.717) is 18.6 Å². The molecule has 1 unspecified atom stereocenters. The van der Waals surface area contributed by atoms with Crippen LogP contribution in [-0.4, -0.2) is 61.3 Å². The maximum Gasteiger partial charge on any atom is 0.320 e. The zero-order valence-electron chi connectivity index (χ0n) is 12.7. The number of amides is 2. The van der Waals surface area contributed by atoms with E-state index in [4.69, 9.17) is 10.5 Å². The molecule has 2 fully saturated rings. The summed E-state index contributed by atoms with van der Waals surface area (Å²) >= 11 is 0. The second kappa shape index (κ2) is 7.84. The van der Waals surface area contributed by atoms with Crippen LogP contribution in [0.4, 0.5) is 4.79 Å². The van der Waals surface area contributed by atoms with Crippen LogP contribution >= 0.6 is 0 Å². The molecule has 5 nitrogen and oxygen atoms in total. The van der Waals surface area contributed by atoms with Crippen molar-refractivity contribution in [2.45, 2.75) is 45.1 Å². The monoisotopic (exact) mass is 283 g/mol. The van der Waals surface area contributed by atoms with Crippen LogP contribution < -0.4 is 5.73 Å². The molecule has 2 saturated heterocycles. The van der Waals surface area contributed by atoms with Crippen molar-refractivity contribution in [2.24, 2.45) is 11.7 Å². The molecule has 0 spiro atoms. The van der Waals surface area contributed by atoms with Gasteiger partial charge in [-0.25, -0.2) is 4.79 Å². The van der Waals surface area contributed by atoms with Crippen LogP contribution in [0.3, 0.4) is 0 Å². The second-order valence-electron chi connectivity index (χ2n) is 6.18. The highest BCUT2D eigenvalue weighted by atomic mass is 16.5. The molecule has 2 heterocycles. The van der Waals surface area contributed by atoms with Gasteiger partial charge < -0.3 is 20.3 Å². The van der Waals surface area contributed by atoms with Crippen LogP contribution in [0.2, 0.25) is 0 Å². The average molecular weight is 283 g/mol. The molecule has 0 bridgehead atoms. The fourth-order valence-corrected chi connectivity index (χ4v) is 3.11. The highest BCUT2D eigenvalue weighted by Gasteiger charge is 2.28. The van der Waals surface area contributed by atoms with Crippen molar-refractivity contribution < 1.29 is 9.53 Å². The molecule has 2 aliphatic rings. The van der Waals surface area contributed by atoms with Gasteiger partial charge in [-0.15, -0.1) is 0 Å². The maximum atomic E-state index is 12.5. The van der Waals surface area contributed by atoms with E-state index in [1.54, 1.807) is 0 Å². The Kier molecular flexibility index (Phi) is 6.10. The van der Waals surface area contributed by atoms with Gasteiger partial charge in [0.2, 0.25) is 0 Å². The molecule has 2 N–H and O–H groups in total. The number of ether oxygens (including phenoxy) is 1. The van der Waals surface area contributed by atoms with Gasteiger partial charge in [0, 0.05) is 32.8 Å². The van der Waals surface area contributed by atoms with Crippen molar-refractivity contribution in [3.8, 4) is 0 Å². The van der Waals surface area contributed by atoms with Crippen molar-refractivity contribution in [3.63, 3.8) is 0 Å². The number of nitrogens with two attached hydrogens (primary N) is 1. The summed E-state index contributed by atoms with van der Waals surface area (Å²) < 4.78 is 5.78. The number of nitrogens with zero attached hydrogens (tertiary/aromatic N) is 2. The van der Waals surface area contributed by atoms with E-state index in [1.807, 2.05) is 9.80 Å². The van der Waals surface area contributed by atoms with Crippen LogP contribution in [-0.2, 0) is 4.74 Å². The third-order valence-electron chi connectivity index (χ3n) is 4.34. The molecule has 0 aromatic rings. The average Bonchev–Trinajstić information content (AvgIpc) is 2.47. The Morgan fingerprint density at radius 2 is 1.95 bits per heavy atom. The van der Waals surface area contributed by atoms with Crippen molar-refractivity contribution in [3.05, 3.63) is 0 Å². The van der Waals surface area contributed by atoms with Crippen molar-refractivity contribution >= 4 is 6.03 Å². The fraction of sp³-hybridized carbons (Fsp3) is 0.933. The molecular weight excluding hydrogens is 254 g/mol. The number of hydrogen-bond acceptors (Lipinski definition) is 3. The quantitative estimate of drug-likeness (QED) is 0.798.